The van der Waals surface area contributed by atoms with Crippen molar-refractivity contribution in [2.24, 2.45) is 0 Å². The highest BCUT2D eigenvalue weighted by Gasteiger charge is 2.21. The van der Waals surface area contributed by atoms with Crippen molar-refractivity contribution >= 4 is 82.1 Å². The SMILES string of the molecule is c1cc(-c2cccc3ccccc23)cc(N(c2ccc3c4ccccc4c4ccccc4c3c2)c2cccc3c2oc2ccccc23)c1. The van der Waals surface area contributed by atoms with E-state index in [-0.39, 0.29) is 0 Å². The Morgan fingerprint density at radius 2 is 0.917 bits per heavy atom. The first-order chi connectivity index (χ1) is 23.8. The second-order valence-corrected chi connectivity index (χ2v) is 12.5. The molecule has 0 atom stereocenters. The van der Waals surface area contributed by atoms with Crippen molar-refractivity contribution in [3.05, 3.63) is 176 Å². The molecule has 0 bridgehead atoms. The molecule has 0 saturated carbocycles. The Balaban J connectivity index is 1.27. The summed E-state index contributed by atoms with van der Waals surface area (Å²) < 4.78 is 6.65. The highest BCUT2D eigenvalue weighted by molar-refractivity contribution is 6.26. The number of hydrogen-bond donors (Lipinski definition) is 0. The largest absolute Gasteiger partial charge is 0.454 e. The molecule has 9 aromatic carbocycles. The van der Waals surface area contributed by atoms with Crippen LogP contribution in [-0.4, -0.2) is 0 Å². The van der Waals surface area contributed by atoms with Crippen molar-refractivity contribution in [1.29, 1.82) is 0 Å². The van der Waals surface area contributed by atoms with Gasteiger partial charge in [-0.3, -0.25) is 0 Å². The van der Waals surface area contributed by atoms with Crippen LogP contribution in [-0.2, 0) is 0 Å². The van der Waals surface area contributed by atoms with Crippen LogP contribution in [0.2, 0.25) is 0 Å². The van der Waals surface area contributed by atoms with E-state index in [2.05, 4.69) is 175 Å². The number of rotatable bonds is 4. The van der Waals surface area contributed by atoms with Gasteiger partial charge in [-0.1, -0.05) is 140 Å². The zero-order valence-corrected chi connectivity index (χ0v) is 26.1. The molecule has 1 heterocycles. The fourth-order valence-corrected chi connectivity index (χ4v) is 7.66. The average Bonchev–Trinajstić information content (AvgIpc) is 3.55. The first kappa shape index (κ1) is 26.8. The second-order valence-electron chi connectivity index (χ2n) is 12.5. The van der Waals surface area contributed by atoms with Crippen LogP contribution in [0, 0.1) is 0 Å². The summed E-state index contributed by atoms with van der Waals surface area (Å²) in [5.74, 6) is 0. The predicted molar refractivity (Wildman–Crippen MR) is 204 cm³/mol. The van der Waals surface area contributed by atoms with Gasteiger partial charge >= 0.3 is 0 Å². The number of anilines is 3. The van der Waals surface area contributed by atoms with Crippen LogP contribution >= 0.6 is 0 Å². The smallest absolute Gasteiger partial charge is 0.159 e. The van der Waals surface area contributed by atoms with Crippen LogP contribution in [0.3, 0.4) is 0 Å². The quantitative estimate of drug-likeness (QED) is 0.184. The number of benzene rings is 9. The van der Waals surface area contributed by atoms with Gasteiger partial charge in [0.1, 0.15) is 5.58 Å². The van der Waals surface area contributed by atoms with E-state index in [4.69, 9.17) is 4.42 Å². The van der Waals surface area contributed by atoms with Crippen LogP contribution in [0.5, 0.6) is 0 Å². The van der Waals surface area contributed by atoms with Gasteiger partial charge in [0.2, 0.25) is 0 Å². The van der Waals surface area contributed by atoms with E-state index in [1.165, 1.54) is 54.2 Å². The minimum Gasteiger partial charge on any atom is -0.454 e. The normalized spacial score (nSPS) is 11.8. The molecule has 0 saturated heterocycles. The fourth-order valence-electron chi connectivity index (χ4n) is 7.66. The van der Waals surface area contributed by atoms with Crippen molar-refractivity contribution in [3.8, 4) is 11.1 Å². The maximum absolute atomic E-state index is 6.65. The Labute approximate surface area is 277 Å². The summed E-state index contributed by atoms with van der Waals surface area (Å²) in [5.41, 5.74) is 7.29. The third-order valence-corrected chi connectivity index (χ3v) is 9.82. The number of fused-ring (bicyclic) bond motifs is 10. The Bertz CT molecular complexity index is 2820. The maximum atomic E-state index is 6.65. The zero-order valence-electron chi connectivity index (χ0n) is 26.1. The number of nitrogens with zero attached hydrogens (tertiary/aromatic N) is 1. The van der Waals surface area contributed by atoms with Gasteiger partial charge in [-0.15, -0.1) is 0 Å². The molecule has 224 valence electrons. The lowest BCUT2D eigenvalue weighted by atomic mass is 9.94. The summed E-state index contributed by atoms with van der Waals surface area (Å²) in [5, 5.41) is 12.2. The Morgan fingerprint density at radius 3 is 1.71 bits per heavy atom. The molecule has 0 spiro atoms. The molecule has 2 heteroatoms. The van der Waals surface area contributed by atoms with Crippen LogP contribution in [0.4, 0.5) is 17.1 Å². The molecule has 2 nitrogen and oxygen atoms in total. The molecule has 1 aromatic heterocycles. The van der Waals surface area contributed by atoms with E-state index in [1.54, 1.807) is 0 Å². The third-order valence-electron chi connectivity index (χ3n) is 9.82. The molecule has 0 unspecified atom stereocenters. The van der Waals surface area contributed by atoms with E-state index in [1.807, 2.05) is 6.07 Å². The highest BCUT2D eigenvalue weighted by atomic mass is 16.3. The van der Waals surface area contributed by atoms with Gasteiger partial charge in [0.25, 0.3) is 0 Å². The zero-order chi connectivity index (χ0) is 31.6. The van der Waals surface area contributed by atoms with Crippen molar-refractivity contribution < 1.29 is 4.42 Å². The number of furan rings is 1. The minimum atomic E-state index is 0.873. The molecule has 10 aromatic rings. The third kappa shape index (κ3) is 4.06. The molecule has 48 heavy (non-hydrogen) atoms. The van der Waals surface area contributed by atoms with Crippen molar-refractivity contribution in [1.82, 2.24) is 0 Å². The lowest BCUT2D eigenvalue weighted by Gasteiger charge is -2.27. The van der Waals surface area contributed by atoms with E-state index in [0.29, 0.717) is 0 Å². The van der Waals surface area contributed by atoms with Gasteiger partial charge < -0.3 is 9.32 Å². The van der Waals surface area contributed by atoms with E-state index in [0.717, 1.165) is 39.0 Å². The summed E-state index contributed by atoms with van der Waals surface area (Å²) in [6, 6.07) is 63.3. The first-order valence-corrected chi connectivity index (χ1v) is 16.4. The van der Waals surface area contributed by atoms with Crippen molar-refractivity contribution in [2.45, 2.75) is 0 Å². The molecule has 0 aliphatic carbocycles. The van der Waals surface area contributed by atoms with Crippen molar-refractivity contribution in [2.75, 3.05) is 4.90 Å². The van der Waals surface area contributed by atoms with E-state index < -0.39 is 0 Å². The summed E-state index contributed by atoms with van der Waals surface area (Å²) in [6.07, 6.45) is 0. The molecule has 0 fully saturated rings. The highest BCUT2D eigenvalue weighted by Crippen LogP contribution is 2.45. The molecule has 10 rings (SSSR count). The van der Waals surface area contributed by atoms with Crippen LogP contribution in [0.15, 0.2) is 180 Å². The molecular weight excluding hydrogens is 583 g/mol. The van der Waals surface area contributed by atoms with Gasteiger partial charge in [-0.2, -0.15) is 0 Å². The maximum Gasteiger partial charge on any atom is 0.159 e. The van der Waals surface area contributed by atoms with Gasteiger partial charge in [0, 0.05) is 22.1 Å². The van der Waals surface area contributed by atoms with Gasteiger partial charge in [0.15, 0.2) is 5.58 Å². The molecular formula is C46H29NO. The standard InChI is InChI=1S/C46H29NO/c1-2-16-34-30(12-1)13-10-22-35(34)31-14-9-15-32(28-31)47(44-24-11-23-42-41-21-7-8-25-45(41)48-46(42)44)33-26-27-40-38-19-4-3-17-36(38)37-18-5-6-20-39(37)43(40)29-33/h1-29H. The molecule has 0 aliphatic heterocycles. The Morgan fingerprint density at radius 1 is 0.354 bits per heavy atom. The fraction of sp³-hybridized carbons (Fsp3) is 0. The molecule has 0 amide bonds. The Hall–Kier alpha value is -6.38. The van der Waals surface area contributed by atoms with Crippen molar-refractivity contribution in [3.63, 3.8) is 0 Å². The lowest BCUT2D eigenvalue weighted by Crippen LogP contribution is -2.10. The Kier molecular flexibility index (Phi) is 5.91. The summed E-state index contributed by atoms with van der Waals surface area (Å²) >= 11 is 0. The average molecular weight is 612 g/mol. The molecule has 0 aliphatic rings. The molecule has 0 radical (unpaired) electrons. The predicted octanol–water partition coefficient (Wildman–Crippen LogP) is 13.3. The number of para-hydroxylation sites is 2. The number of hydrogen-bond acceptors (Lipinski definition) is 2. The monoisotopic (exact) mass is 611 g/mol. The van der Waals surface area contributed by atoms with Crippen LogP contribution in [0.25, 0.3) is 76.2 Å². The summed E-state index contributed by atoms with van der Waals surface area (Å²) in [7, 11) is 0. The van der Waals surface area contributed by atoms with Gasteiger partial charge in [-0.25, -0.2) is 0 Å². The first-order valence-electron chi connectivity index (χ1n) is 16.4. The lowest BCUT2D eigenvalue weighted by molar-refractivity contribution is 0.669. The minimum absolute atomic E-state index is 0.873. The van der Waals surface area contributed by atoms with Gasteiger partial charge in [0.05, 0.1) is 5.69 Å². The second kappa shape index (κ2) is 10.6. The summed E-state index contributed by atoms with van der Waals surface area (Å²) in [4.78, 5) is 2.36. The van der Waals surface area contributed by atoms with E-state index >= 15 is 0 Å². The summed E-state index contributed by atoms with van der Waals surface area (Å²) in [6.45, 7) is 0. The van der Waals surface area contributed by atoms with E-state index in [9.17, 15) is 0 Å². The van der Waals surface area contributed by atoms with Crippen LogP contribution < -0.4 is 4.90 Å². The van der Waals surface area contributed by atoms with Crippen LogP contribution in [0.1, 0.15) is 0 Å². The molecule has 0 N–H and O–H groups in total. The van der Waals surface area contributed by atoms with Gasteiger partial charge in [-0.05, 0) is 90.6 Å². The topological polar surface area (TPSA) is 16.4 Å².